The highest BCUT2D eigenvalue weighted by atomic mass is 16.3. The average molecular weight is 228 g/mol. The largest absolute Gasteiger partial charge is 0.386 e. The second-order valence-corrected chi connectivity index (χ2v) is 3.99. The molecule has 0 aliphatic heterocycles. The molecule has 1 atom stereocenters. The maximum absolute atomic E-state index is 10.00. The van der Waals surface area contributed by atoms with Crippen LogP contribution in [0, 0.1) is 0 Å². The van der Waals surface area contributed by atoms with E-state index in [1.165, 1.54) is 5.56 Å². The molecule has 0 aromatic carbocycles. The lowest BCUT2D eigenvalue weighted by Gasteiger charge is -2.09. The molecule has 88 valence electrons. The Labute approximate surface area is 101 Å². The fraction of sp³-hybridized carbons (Fsp3) is 0.286. The first-order valence-corrected chi connectivity index (χ1v) is 5.82. The van der Waals surface area contributed by atoms with Crippen LogP contribution in [0.15, 0.2) is 42.7 Å². The molecule has 1 unspecified atom stereocenters. The van der Waals surface area contributed by atoms with Gasteiger partial charge in [0.15, 0.2) is 0 Å². The molecular weight excluding hydrogens is 212 g/mol. The van der Waals surface area contributed by atoms with E-state index in [1.807, 2.05) is 36.5 Å². The van der Waals surface area contributed by atoms with Crippen molar-refractivity contribution in [3.63, 3.8) is 0 Å². The van der Waals surface area contributed by atoms with Crippen molar-refractivity contribution >= 4 is 0 Å². The number of nitrogens with zero attached hydrogens (tertiary/aromatic N) is 2. The van der Waals surface area contributed by atoms with Gasteiger partial charge in [0, 0.05) is 24.5 Å². The van der Waals surface area contributed by atoms with Gasteiger partial charge in [-0.1, -0.05) is 19.1 Å². The molecule has 0 aliphatic carbocycles. The van der Waals surface area contributed by atoms with Crippen LogP contribution in [0.1, 0.15) is 30.0 Å². The molecule has 2 rings (SSSR count). The van der Waals surface area contributed by atoms with Crippen LogP contribution in [0.25, 0.3) is 0 Å². The average Bonchev–Trinajstić information content (AvgIpc) is 2.40. The topological polar surface area (TPSA) is 46.0 Å². The Bertz CT molecular complexity index is 453. The van der Waals surface area contributed by atoms with Crippen molar-refractivity contribution in [2.24, 2.45) is 0 Å². The van der Waals surface area contributed by atoms with E-state index in [0.29, 0.717) is 12.1 Å². The van der Waals surface area contributed by atoms with Gasteiger partial charge in [0.2, 0.25) is 0 Å². The van der Waals surface area contributed by atoms with Gasteiger partial charge in [0.1, 0.15) is 6.10 Å². The molecule has 2 aromatic rings. The van der Waals surface area contributed by atoms with Crippen LogP contribution in [0.2, 0.25) is 0 Å². The molecule has 3 nitrogen and oxygen atoms in total. The number of hydrogen-bond acceptors (Lipinski definition) is 3. The fourth-order valence-corrected chi connectivity index (χ4v) is 1.66. The maximum atomic E-state index is 10.00. The third-order valence-corrected chi connectivity index (χ3v) is 2.73. The Morgan fingerprint density at radius 2 is 2.06 bits per heavy atom. The molecule has 2 heterocycles. The second-order valence-electron chi connectivity index (χ2n) is 3.99. The lowest BCUT2D eigenvalue weighted by Crippen LogP contribution is -2.05. The van der Waals surface area contributed by atoms with E-state index >= 15 is 0 Å². The van der Waals surface area contributed by atoms with Crippen LogP contribution in [0.5, 0.6) is 0 Å². The van der Waals surface area contributed by atoms with Gasteiger partial charge in [-0.25, -0.2) is 0 Å². The Morgan fingerprint density at radius 1 is 1.18 bits per heavy atom. The minimum Gasteiger partial charge on any atom is -0.386 e. The first kappa shape index (κ1) is 11.7. The SMILES string of the molecule is CCc1ccc(CC(O)c2ccccn2)nc1. The van der Waals surface area contributed by atoms with E-state index in [1.54, 1.807) is 6.20 Å². The molecule has 0 bridgehead atoms. The molecule has 0 amide bonds. The van der Waals surface area contributed by atoms with Gasteiger partial charge in [0.25, 0.3) is 0 Å². The highest BCUT2D eigenvalue weighted by Crippen LogP contribution is 2.14. The number of aliphatic hydroxyl groups excluding tert-OH is 1. The van der Waals surface area contributed by atoms with Crippen molar-refractivity contribution in [2.75, 3.05) is 0 Å². The molecule has 0 radical (unpaired) electrons. The molecule has 2 aromatic heterocycles. The molecule has 0 saturated heterocycles. The molecule has 1 N–H and O–H groups in total. The number of aliphatic hydroxyl groups is 1. The summed E-state index contributed by atoms with van der Waals surface area (Å²) < 4.78 is 0. The third-order valence-electron chi connectivity index (χ3n) is 2.73. The van der Waals surface area contributed by atoms with Crippen LogP contribution in [-0.2, 0) is 12.8 Å². The molecule has 0 spiro atoms. The summed E-state index contributed by atoms with van der Waals surface area (Å²) in [5.41, 5.74) is 2.79. The molecule has 0 saturated carbocycles. The Morgan fingerprint density at radius 3 is 2.65 bits per heavy atom. The zero-order valence-corrected chi connectivity index (χ0v) is 9.87. The number of aromatic nitrogens is 2. The minimum absolute atomic E-state index is 0.501. The standard InChI is InChI=1S/C14H16N2O/c1-2-11-6-7-12(16-10-11)9-14(17)13-5-3-4-8-15-13/h3-8,10,14,17H,2,9H2,1H3. The number of aryl methyl sites for hydroxylation is 1. The van der Waals surface area contributed by atoms with Crippen LogP contribution in [0.3, 0.4) is 0 Å². The normalized spacial score (nSPS) is 12.4. The summed E-state index contributed by atoms with van der Waals surface area (Å²) in [4.78, 5) is 8.46. The van der Waals surface area contributed by atoms with Gasteiger partial charge >= 0.3 is 0 Å². The van der Waals surface area contributed by atoms with Crippen LogP contribution >= 0.6 is 0 Å². The minimum atomic E-state index is -0.587. The maximum Gasteiger partial charge on any atom is 0.101 e. The number of pyridine rings is 2. The summed E-state index contributed by atoms with van der Waals surface area (Å²) >= 11 is 0. The smallest absolute Gasteiger partial charge is 0.101 e. The van der Waals surface area contributed by atoms with Gasteiger partial charge in [0.05, 0.1) is 5.69 Å². The third kappa shape index (κ3) is 3.11. The monoisotopic (exact) mass is 228 g/mol. The van der Waals surface area contributed by atoms with Gasteiger partial charge < -0.3 is 5.11 Å². The predicted molar refractivity (Wildman–Crippen MR) is 66.5 cm³/mol. The quantitative estimate of drug-likeness (QED) is 0.873. The Balaban J connectivity index is 2.05. The Hall–Kier alpha value is -1.74. The lowest BCUT2D eigenvalue weighted by atomic mass is 10.1. The highest BCUT2D eigenvalue weighted by Gasteiger charge is 2.09. The van der Waals surface area contributed by atoms with Crippen molar-refractivity contribution in [3.05, 3.63) is 59.7 Å². The van der Waals surface area contributed by atoms with E-state index < -0.39 is 6.10 Å². The van der Waals surface area contributed by atoms with Crippen LogP contribution in [-0.4, -0.2) is 15.1 Å². The van der Waals surface area contributed by atoms with Crippen LogP contribution in [0.4, 0.5) is 0 Å². The summed E-state index contributed by atoms with van der Waals surface area (Å²) in [5, 5.41) is 10.00. The van der Waals surface area contributed by atoms with Gasteiger partial charge in [-0.3, -0.25) is 9.97 Å². The van der Waals surface area contributed by atoms with E-state index in [4.69, 9.17) is 0 Å². The first-order chi connectivity index (χ1) is 8.29. The highest BCUT2D eigenvalue weighted by molar-refractivity contribution is 5.16. The fourth-order valence-electron chi connectivity index (χ4n) is 1.66. The van der Waals surface area contributed by atoms with E-state index in [9.17, 15) is 5.11 Å². The molecule has 0 aliphatic rings. The number of rotatable bonds is 4. The van der Waals surface area contributed by atoms with E-state index in [2.05, 4.69) is 16.9 Å². The van der Waals surface area contributed by atoms with Crippen molar-refractivity contribution < 1.29 is 5.11 Å². The van der Waals surface area contributed by atoms with Crippen molar-refractivity contribution in [1.82, 2.24) is 9.97 Å². The second kappa shape index (κ2) is 5.55. The summed E-state index contributed by atoms with van der Waals surface area (Å²) in [6, 6.07) is 9.55. The number of hydrogen-bond donors (Lipinski definition) is 1. The lowest BCUT2D eigenvalue weighted by molar-refractivity contribution is 0.172. The van der Waals surface area contributed by atoms with E-state index in [0.717, 1.165) is 12.1 Å². The molecule has 0 fully saturated rings. The molecular formula is C14H16N2O. The molecule has 3 heteroatoms. The summed E-state index contributed by atoms with van der Waals surface area (Å²) in [7, 11) is 0. The van der Waals surface area contributed by atoms with Gasteiger partial charge in [-0.05, 0) is 30.2 Å². The van der Waals surface area contributed by atoms with Crippen molar-refractivity contribution in [2.45, 2.75) is 25.9 Å². The first-order valence-electron chi connectivity index (χ1n) is 5.82. The summed E-state index contributed by atoms with van der Waals surface area (Å²) in [6.45, 7) is 2.10. The van der Waals surface area contributed by atoms with Gasteiger partial charge in [-0.2, -0.15) is 0 Å². The van der Waals surface area contributed by atoms with Crippen molar-refractivity contribution in [1.29, 1.82) is 0 Å². The molecule has 17 heavy (non-hydrogen) atoms. The zero-order chi connectivity index (χ0) is 12.1. The predicted octanol–water partition coefficient (Wildman–Crippen LogP) is 2.32. The van der Waals surface area contributed by atoms with E-state index in [-0.39, 0.29) is 0 Å². The van der Waals surface area contributed by atoms with Crippen molar-refractivity contribution in [3.8, 4) is 0 Å². The Kier molecular flexibility index (Phi) is 3.83. The summed E-state index contributed by atoms with van der Waals surface area (Å²) in [6.07, 6.45) is 4.44. The van der Waals surface area contributed by atoms with Crippen LogP contribution < -0.4 is 0 Å². The summed E-state index contributed by atoms with van der Waals surface area (Å²) in [5.74, 6) is 0. The zero-order valence-electron chi connectivity index (χ0n) is 9.87. The van der Waals surface area contributed by atoms with Gasteiger partial charge in [-0.15, -0.1) is 0 Å².